The number of rotatable bonds is 2. The fraction of sp³-hybridized carbons (Fsp3) is 0.500. The topological polar surface area (TPSA) is 61.8 Å². The molecule has 0 unspecified atom stereocenters. The summed E-state index contributed by atoms with van der Waals surface area (Å²) >= 11 is 0. The van der Waals surface area contributed by atoms with E-state index in [1.54, 1.807) is 0 Å². The Morgan fingerprint density at radius 3 is 2.42 bits per heavy atom. The van der Waals surface area contributed by atoms with Crippen molar-refractivity contribution < 1.29 is 13.2 Å². The first-order valence-corrected chi connectivity index (χ1v) is 5.40. The van der Waals surface area contributed by atoms with Crippen molar-refractivity contribution in [3.05, 3.63) is 27.2 Å². The summed E-state index contributed by atoms with van der Waals surface area (Å²) in [7, 11) is 2.68. The van der Waals surface area contributed by atoms with Gasteiger partial charge in [0.2, 0.25) is 0 Å². The molecule has 2 heterocycles. The van der Waals surface area contributed by atoms with Crippen LogP contribution in [0.2, 0.25) is 0 Å². The number of nitrogens with zero attached hydrogens (tertiary/aromatic N) is 4. The van der Waals surface area contributed by atoms with Crippen LogP contribution in [0.4, 0.5) is 13.2 Å². The van der Waals surface area contributed by atoms with Gasteiger partial charge < -0.3 is 4.57 Å². The number of fused-ring (bicyclic) bond motifs is 1. The van der Waals surface area contributed by atoms with Gasteiger partial charge in [-0.15, -0.1) is 0 Å². The van der Waals surface area contributed by atoms with E-state index >= 15 is 0 Å². The van der Waals surface area contributed by atoms with Crippen LogP contribution in [0.1, 0.15) is 6.42 Å². The van der Waals surface area contributed by atoms with Crippen molar-refractivity contribution in [2.75, 3.05) is 0 Å². The summed E-state index contributed by atoms with van der Waals surface area (Å²) in [5, 5.41) is 0. The molecule has 0 atom stereocenters. The molecule has 2 aromatic rings. The smallest absolute Gasteiger partial charge is 0.324 e. The van der Waals surface area contributed by atoms with Crippen LogP contribution in [-0.4, -0.2) is 24.9 Å². The number of imidazole rings is 1. The van der Waals surface area contributed by atoms with Crippen molar-refractivity contribution in [3.8, 4) is 0 Å². The zero-order valence-corrected chi connectivity index (χ0v) is 10.2. The molecule has 0 aliphatic heterocycles. The van der Waals surface area contributed by atoms with E-state index in [4.69, 9.17) is 0 Å². The second-order valence-electron chi connectivity index (χ2n) is 4.18. The average Bonchev–Trinajstić information content (AvgIpc) is 2.74. The third kappa shape index (κ3) is 2.27. The van der Waals surface area contributed by atoms with E-state index < -0.39 is 30.4 Å². The van der Waals surface area contributed by atoms with Crippen LogP contribution in [0.3, 0.4) is 0 Å². The largest absolute Gasteiger partial charge is 0.390 e. The van der Waals surface area contributed by atoms with Crippen LogP contribution >= 0.6 is 0 Å². The van der Waals surface area contributed by atoms with Gasteiger partial charge in [-0.1, -0.05) is 0 Å². The lowest BCUT2D eigenvalue weighted by Crippen LogP contribution is -2.37. The van der Waals surface area contributed by atoms with Crippen molar-refractivity contribution in [1.82, 2.24) is 18.7 Å². The maximum atomic E-state index is 12.2. The molecule has 0 N–H and O–H groups in total. The Morgan fingerprint density at radius 1 is 1.21 bits per heavy atom. The van der Waals surface area contributed by atoms with E-state index in [1.165, 1.54) is 14.1 Å². The molecule has 0 bridgehead atoms. The van der Waals surface area contributed by atoms with E-state index in [-0.39, 0.29) is 11.2 Å². The maximum absolute atomic E-state index is 12.2. The summed E-state index contributed by atoms with van der Waals surface area (Å²) in [6, 6.07) is 0. The van der Waals surface area contributed by atoms with Crippen LogP contribution in [-0.2, 0) is 20.6 Å². The summed E-state index contributed by atoms with van der Waals surface area (Å²) in [4.78, 5) is 27.4. The van der Waals surface area contributed by atoms with Crippen molar-refractivity contribution in [3.63, 3.8) is 0 Å². The molecule has 19 heavy (non-hydrogen) atoms. The van der Waals surface area contributed by atoms with Gasteiger partial charge in [-0.25, -0.2) is 9.78 Å². The standard InChI is InChI=1S/C10H11F3N4O2/c1-15-7-6(8(18)16(2)9(15)19)17(5-14-7)4-3-10(11,12)13/h5H,3-4H2,1-2H3. The van der Waals surface area contributed by atoms with E-state index in [0.29, 0.717) is 0 Å². The van der Waals surface area contributed by atoms with Crippen LogP contribution in [0.5, 0.6) is 0 Å². The summed E-state index contributed by atoms with van der Waals surface area (Å²) in [5.41, 5.74) is -1.15. The average molecular weight is 276 g/mol. The molecule has 2 rings (SSSR count). The minimum atomic E-state index is -4.32. The third-order valence-corrected chi connectivity index (χ3v) is 2.85. The highest BCUT2D eigenvalue weighted by Crippen LogP contribution is 2.21. The Morgan fingerprint density at radius 2 is 1.84 bits per heavy atom. The molecular weight excluding hydrogens is 265 g/mol. The van der Waals surface area contributed by atoms with Gasteiger partial charge in [0.1, 0.15) is 0 Å². The molecule has 0 saturated heterocycles. The monoisotopic (exact) mass is 276 g/mol. The summed E-state index contributed by atoms with van der Waals surface area (Å²) in [6.45, 7) is -0.409. The van der Waals surface area contributed by atoms with Gasteiger partial charge in [-0.3, -0.25) is 13.9 Å². The number of aryl methyl sites for hydroxylation is 2. The van der Waals surface area contributed by atoms with Crippen molar-refractivity contribution in [2.45, 2.75) is 19.1 Å². The Bertz CT molecular complexity index is 738. The number of halogens is 3. The second-order valence-corrected chi connectivity index (χ2v) is 4.18. The van der Waals surface area contributed by atoms with Crippen LogP contribution < -0.4 is 11.2 Å². The number of hydrogen-bond donors (Lipinski definition) is 0. The molecule has 0 radical (unpaired) electrons. The fourth-order valence-corrected chi connectivity index (χ4v) is 1.81. The van der Waals surface area contributed by atoms with Gasteiger partial charge in [0.15, 0.2) is 11.2 Å². The Labute approximate surface area is 104 Å². The molecule has 0 spiro atoms. The first kappa shape index (κ1) is 13.4. The fourth-order valence-electron chi connectivity index (χ4n) is 1.81. The molecule has 0 fully saturated rings. The molecule has 104 valence electrons. The van der Waals surface area contributed by atoms with Gasteiger partial charge in [0.25, 0.3) is 5.56 Å². The molecule has 9 heteroatoms. The number of hydrogen-bond acceptors (Lipinski definition) is 3. The maximum Gasteiger partial charge on any atom is 0.390 e. The first-order valence-electron chi connectivity index (χ1n) is 5.40. The second kappa shape index (κ2) is 4.25. The first-order chi connectivity index (χ1) is 8.72. The minimum Gasteiger partial charge on any atom is -0.324 e. The molecule has 2 aromatic heterocycles. The third-order valence-electron chi connectivity index (χ3n) is 2.85. The van der Waals surface area contributed by atoms with Crippen molar-refractivity contribution in [2.24, 2.45) is 14.1 Å². The lowest BCUT2D eigenvalue weighted by molar-refractivity contribution is -0.136. The molecule has 0 saturated carbocycles. The van der Waals surface area contributed by atoms with E-state index in [9.17, 15) is 22.8 Å². The van der Waals surface area contributed by atoms with E-state index in [1.807, 2.05) is 0 Å². The van der Waals surface area contributed by atoms with Crippen LogP contribution in [0.25, 0.3) is 11.2 Å². The van der Waals surface area contributed by atoms with Gasteiger partial charge in [0, 0.05) is 20.6 Å². The predicted molar refractivity (Wildman–Crippen MR) is 60.9 cm³/mol. The van der Waals surface area contributed by atoms with Crippen LogP contribution in [0.15, 0.2) is 15.9 Å². The molecule has 0 aromatic carbocycles. The zero-order chi connectivity index (χ0) is 14.4. The number of aromatic nitrogens is 4. The van der Waals surface area contributed by atoms with Crippen LogP contribution in [0, 0.1) is 0 Å². The van der Waals surface area contributed by atoms with Gasteiger partial charge in [-0.05, 0) is 0 Å². The molecule has 6 nitrogen and oxygen atoms in total. The lowest BCUT2D eigenvalue weighted by atomic mass is 10.4. The normalized spacial score (nSPS) is 12.3. The summed E-state index contributed by atoms with van der Waals surface area (Å²) in [6.07, 6.45) is -4.25. The quantitative estimate of drug-likeness (QED) is 0.797. The molecule has 0 aliphatic rings. The minimum absolute atomic E-state index is 0.00569. The zero-order valence-electron chi connectivity index (χ0n) is 10.2. The van der Waals surface area contributed by atoms with E-state index in [2.05, 4.69) is 4.98 Å². The predicted octanol–water partition coefficient (Wildman–Crippen LogP) is 0.386. The molecule has 0 aliphatic carbocycles. The van der Waals surface area contributed by atoms with Gasteiger partial charge in [-0.2, -0.15) is 13.2 Å². The summed E-state index contributed by atoms with van der Waals surface area (Å²) < 4.78 is 39.7. The summed E-state index contributed by atoms with van der Waals surface area (Å²) in [5.74, 6) is 0. The van der Waals surface area contributed by atoms with Gasteiger partial charge >= 0.3 is 11.9 Å². The highest BCUT2D eigenvalue weighted by atomic mass is 19.4. The SMILES string of the molecule is Cn1c(=O)c2c(ncn2CCC(F)(F)F)n(C)c1=O. The molecular formula is C10H11F3N4O2. The Kier molecular flexibility index (Phi) is 2.99. The van der Waals surface area contributed by atoms with Crippen molar-refractivity contribution >= 4 is 11.2 Å². The van der Waals surface area contributed by atoms with Gasteiger partial charge in [0.05, 0.1) is 12.7 Å². The molecule has 0 amide bonds. The highest BCUT2D eigenvalue weighted by molar-refractivity contribution is 5.69. The van der Waals surface area contributed by atoms with Crippen molar-refractivity contribution in [1.29, 1.82) is 0 Å². The Hall–Kier alpha value is -2.06. The van der Waals surface area contributed by atoms with E-state index in [0.717, 1.165) is 20.0 Å². The number of alkyl halides is 3. The Balaban J connectivity index is 2.61. The highest BCUT2D eigenvalue weighted by Gasteiger charge is 2.27. The lowest BCUT2D eigenvalue weighted by Gasteiger charge is -2.08.